The van der Waals surface area contributed by atoms with Gasteiger partial charge in [-0.3, -0.25) is 9.59 Å². The number of thiophene rings is 1. The van der Waals surface area contributed by atoms with Crippen LogP contribution >= 0.6 is 11.3 Å². The molecular formula is C35H49N7O3S. The largest absolute Gasteiger partial charge is 0.486 e. The van der Waals surface area contributed by atoms with Crippen molar-refractivity contribution >= 4 is 39.1 Å². The molecule has 248 valence electrons. The molecule has 3 aliphatic rings. The first kappa shape index (κ1) is 34.7. The van der Waals surface area contributed by atoms with Crippen LogP contribution in [0.25, 0.3) is 10.2 Å². The van der Waals surface area contributed by atoms with Crippen molar-refractivity contribution in [2.24, 2.45) is 5.10 Å². The fraction of sp³-hybridized carbons (Fsp3) is 0.486. The maximum Gasteiger partial charge on any atom is 0.264 e. The Hall–Kier alpha value is -4.12. The van der Waals surface area contributed by atoms with Crippen molar-refractivity contribution in [3.63, 3.8) is 0 Å². The molecule has 2 aromatic heterocycles. The second-order valence-corrected chi connectivity index (χ2v) is 12.7. The zero-order valence-electron chi connectivity index (χ0n) is 28.5. The summed E-state index contributed by atoms with van der Waals surface area (Å²) in [5.41, 5.74) is 4.57. The minimum atomic E-state index is -0.588. The van der Waals surface area contributed by atoms with Crippen LogP contribution in [0.4, 0.5) is 0 Å². The third kappa shape index (κ3) is 7.30. The Morgan fingerprint density at radius 3 is 2.50 bits per heavy atom. The molecule has 1 unspecified atom stereocenters. The van der Waals surface area contributed by atoms with Crippen LogP contribution < -0.4 is 15.5 Å². The van der Waals surface area contributed by atoms with Gasteiger partial charge in [0.05, 0.1) is 22.6 Å². The van der Waals surface area contributed by atoms with Crippen LogP contribution in [0.3, 0.4) is 0 Å². The Labute approximate surface area is 277 Å². The number of Topliss-reactive ketones (excluding diaryl/α,β-unsaturated/α-hetero) is 1. The number of carbonyl (C=O) groups is 2. The molecule has 1 aromatic carbocycles. The lowest BCUT2D eigenvalue weighted by Crippen LogP contribution is -2.52. The highest BCUT2D eigenvalue weighted by atomic mass is 32.1. The van der Waals surface area contributed by atoms with Crippen molar-refractivity contribution in [2.45, 2.75) is 78.5 Å². The van der Waals surface area contributed by atoms with E-state index in [-0.39, 0.29) is 17.9 Å². The third-order valence-electron chi connectivity index (χ3n) is 8.26. The van der Waals surface area contributed by atoms with E-state index in [9.17, 15) is 9.59 Å². The number of ketones is 1. The van der Waals surface area contributed by atoms with Crippen LogP contribution in [0.2, 0.25) is 0 Å². The molecule has 0 saturated carbocycles. The van der Waals surface area contributed by atoms with Crippen LogP contribution in [-0.4, -0.2) is 76.9 Å². The van der Waals surface area contributed by atoms with Gasteiger partial charge in [0.15, 0.2) is 11.6 Å². The first-order chi connectivity index (χ1) is 22.2. The summed E-state index contributed by atoms with van der Waals surface area (Å²) in [4.78, 5) is 32.3. The molecular weight excluding hydrogens is 598 g/mol. The number of ether oxygens (including phenoxy) is 1. The van der Waals surface area contributed by atoms with Gasteiger partial charge in [-0.25, -0.2) is 4.68 Å². The molecule has 3 aromatic rings. The summed E-state index contributed by atoms with van der Waals surface area (Å²) in [5.74, 6) is 1.42. The predicted octanol–water partition coefficient (Wildman–Crippen LogP) is 6.49. The van der Waals surface area contributed by atoms with Gasteiger partial charge in [0.1, 0.15) is 22.3 Å². The lowest BCUT2D eigenvalue weighted by atomic mass is 9.82. The van der Waals surface area contributed by atoms with E-state index in [1.165, 1.54) is 24.2 Å². The van der Waals surface area contributed by atoms with E-state index in [1.54, 1.807) is 7.05 Å². The molecule has 1 amide bonds. The minimum Gasteiger partial charge on any atom is -0.486 e. The highest BCUT2D eigenvalue weighted by Gasteiger charge is 2.44. The normalized spacial score (nSPS) is 18.1. The van der Waals surface area contributed by atoms with Gasteiger partial charge in [-0.05, 0) is 49.5 Å². The number of aromatic nitrogens is 2. The molecule has 1 spiro atoms. The highest BCUT2D eigenvalue weighted by molar-refractivity contribution is 7.20. The molecule has 0 radical (unpaired) electrons. The number of hydrogen-bond acceptors (Lipinski definition) is 8. The van der Waals surface area contributed by atoms with Crippen molar-refractivity contribution < 1.29 is 14.3 Å². The van der Waals surface area contributed by atoms with Crippen LogP contribution in [0.1, 0.15) is 97.3 Å². The molecule has 46 heavy (non-hydrogen) atoms. The molecule has 0 aliphatic carbocycles. The standard InChI is InChI=1S/C29H33N7O3S.C4H10.C2H6/c1-18-20-16-24(40-28(20)36(33-18)25-7-5-6-12-31-25)27(38)35-13-10-29(11-14-35)17-22(37)21-15-19(8-9-23(21)39-29)26(32-30-2)34(3)4;1-3-4-2;1-2/h5-9,12,15-16,25,30-31H,10-11,13-14,17H2,1-4H3;3-4H2,1-2H3;1-2H3/b32-26-;;. The van der Waals surface area contributed by atoms with Gasteiger partial charge in [-0.15, -0.1) is 11.3 Å². The van der Waals surface area contributed by atoms with Gasteiger partial charge in [-0.2, -0.15) is 10.2 Å². The molecule has 3 aliphatic heterocycles. The maximum atomic E-state index is 13.5. The molecule has 1 fully saturated rings. The maximum absolute atomic E-state index is 13.5. The number of fused-ring (bicyclic) bond motifs is 2. The summed E-state index contributed by atoms with van der Waals surface area (Å²) in [7, 11) is 5.57. The molecule has 2 N–H and O–H groups in total. The van der Waals surface area contributed by atoms with E-state index in [4.69, 9.17) is 9.84 Å². The quantitative estimate of drug-likeness (QED) is 0.185. The van der Waals surface area contributed by atoms with Gasteiger partial charge in [0, 0.05) is 58.0 Å². The van der Waals surface area contributed by atoms with E-state index >= 15 is 0 Å². The third-order valence-corrected chi connectivity index (χ3v) is 9.37. The fourth-order valence-electron chi connectivity index (χ4n) is 5.67. The summed E-state index contributed by atoms with van der Waals surface area (Å²) >= 11 is 1.48. The Balaban J connectivity index is 0.000000744. The highest BCUT2D eigenvalue weighted by Crippen LogP contribution is 2.40. The van der Waals surface area contributed by atoms with Gasteiger partial charge >= 0.3 is 0 Å². The van der Waals surface area contributed by atoms with Crippen molar-refractivity contribution in [1.29, 1.82) is 0 Å². The topological polar surface area (TPSA) is 104 Å². The van der Waals surface area contributed by atoms with E-state index in [0.717, 1.165) is 27.3 Å². The summed E-state index contributed by atoms with van der Waals surface area (Å²) in [6.07, 6.45) is 11.9. The first-order valence-electron chi connectivity index (χ1n) is 16.4. The number of carbonyl (C=O) groups excluding carboxylic acids is 2. The van der Waals surface area contributed by atoms with Crippen molar-refractivity contribution in [3.05, 3.63) is 70.4 Å². The second-order valence-electron chi connectivity index (χ2n) is 11.7. The second kappa shape index (κ2) is 15.4. The summed E-state index contributed by atoms with van der Waals surface area (Å²) in [6, 6.07) is 7.62. The van der Waals surface area contributed by atoms with E-state index in [2.05, 4.69) is 29.7 Å². The number of amidine groups is 1. The van der Waals surface area contributed by atoms with E-state index < -0.39 is 5.60 Å². The Morgan fingerprint density at radius 1 is 1.17 bits per heavy atom. The predicted molar refractivity (Wildman–Crippen MR) is 188 cm³/mol. The summed E-state index contributed by atoms with van der Waals surface area (Å²) in [5, 5.41) is 13.3. The Bertz CT molecular complexity index is 1610. The lowest BCUT2D eigenvalue weighted by Gasteiger charge is -2.44. The number of aryl methyl sites for hydroxylation is 1. The van der Waals surface area contributed by atoms with Gasteiger partial charge in [-0.1, -0.05) is 46.6 Å². The number of hydrazone groups is 1. The number of benzene rings is 1. The summed E-state index contributed by atoms with van der Waals surface area (Å²) < 4.78 is 8.44. The zero-order valence-corrected chi connectivity index (χ0v) is 29.3. The number of allylic oxidation sites excluding steroid dienone is 2. The number of likely N-dealkylation sites (tertiary alicyclic amines) is 1. The SMILES string of the molecule is CC.CCCC.CN/N=C(/c1ccc2c(c1)C(=O)CC1(CCN(C(=O)c3cc4c(C)nn(C5C=CC=CN5)c4s3)CC1)O2)N(C)C. The number of unbranched alkanes of at least 4 members (excludes halogenated alkanes) is 1. The van der Waals surface area contributed by atoms with Gasteiger partial charge in [0.2, 0.25) is 0 Å². The molecule has 1 atom stereocenters. The molecule has 1 saturated heterocycles. The van der Waals surface area contributed by atoms with Gasteiger partial charge < -0.3 is 25.3 Å². The van der Waals surface area contributed by atoms with Gasteiger partial charge in [0.25, 0.3) is 5.91 Å². The van der Waals surface area contributed by atoms with E-state index in [0.29, 0.717) is 48.5 Å². The number of rotatable bonds is 5. The average Bonchev–Trinajstić information content (AvgIpc) is 3.65. The fourth-order valence-corrected chi connectivity index (χ4v) is 6.83. The average molecular weight is 648 g/mol. The molecule has 10 nitrogen and oxygen atoms in total. The van der Waals surface area contributed by atoms with Crippen LogP contribution in [0, 0.1) is 6.92 Å². The van der Waals surface area contributed by atoms with Crippen LogP contribution in [-0.2, 0) is 0 Å². The number of nitrogens with zero attached hydrogens (tertiary/aromatic N) is 5. The Morgan fingerprint density at radius 2 is 1.89 bits per heavy atom. The Kier molecular flexibility index (Phi) is 11.7. The lowest BCUT2D eigenvalue weighted by molar-refractivity contribution is -0.00559. The smallest absolute Gasteiger partial charge is 0.264 e. The van der Waals surface area contributed by atoms with Crippen LogP contribution in [0.15, 0.2) is 53.8 Å². The monoisotopic (exact) mass is 647 g/mol. The number of dihydropyridines is 1. The first-order valence-corrected chi connectivity index (χ1v) is 17.2. The van der Waals surface area contributed by atoms with Crippen molar-refractivity contribution in [2.75, 3.05) is 34.2 Å². The van der Waals surface area contributed by atoms with Crippen molar-refractivity contribution in [1.82, 2.24) is 30.3 Å². The molecule has 11 heteroatoms. The van der Waals surface area contributed by atoms with Crippen molar-refractivity contribution in [3.8, 4) is 5.75 Å². The van der Waals surface area contributed by atoms with E-state index in [1.807, 2.05) is 98.0 Å². The minimum absolute atomic E-state index is 0.0151. The number of nitrogens with one attached hydrogen (secondary N) is 2. The number of piperidine rings is 1. The number of hydrogen-bond donors (Lipinski definition) is 2. The number of amides is 1. The molecule has 6 rings (SSSR count). The summed E-state index contributed by atoms with van der Waals surface area (Å²) in [6.45, 7) is 11.4. The molecule has 0 bridgehead atoms. The zero-order chi connectivity index (χ0) is 33.4. The molecule has 5 heterocycles. The van der Waals surface area contributed by atoms with Crippen LogP contribution in [0.5, 0.6) is 5.75 Å².